The first-order valence-corrected chi connectivity index (χ1v) is 9.35. The molecule has 0 saturated carbocycles. The molecule has 0 radical (unpaired) electrons. The third-order valence-electron chi connectivity index (χ3n) is 5.04. The number of H-pyrrole nitrogens is 1. The van der Waals surface area contributed by atoms with Crippen LogP contribution in [0.1, 0.15) is 56.3 Å². The number of hydrogen-bond donors (Lipinski definition) is 2. The first-order chi connectivity index (χ1) is 12.7. The zero-order chi connectivity index (χ0) is 18.4. The number of piperidine rings is 1. The normalized spacial score (nSPS) is 17.0. The van der Waals surface area contributed by atoms with Crippen molar-refractivity contribution in [2.24, 2.45) is 5.92 Å². The van der Waals surface area contributed by atoms with E-state index in [9.17, 15) is 9.90 Å². The van der Waals surface area contributed by atoms with Crippen molar-refractivity contribution in [1.29, 1.82) is 0 Å². The highest BCUT2D eigenvalue weighted by atomic mass is 16.4. The minimum Gasteiger partial charge on any atom is -0.481 e. The number of hydrogen-bond acceptors (Lipinski definition) is 6. The van der Waals surface area contributed by atoms with Crippen LogP contribution in [0.4, 0.5) is 5.82 Å². The lowest BCUT2D eigenvalue weighted by Crippen LogP contribution is -2.30. The lowest BCUT2D eigenvalue weighted by molar-refractivity contribution is -0.142. The van der Waals surface area contributed by atoms with Gasteiger partial charge in [0.25, 0.3) is 0 Å². The Bertz CT molecular complexity index is 682. The van der Waals surface area contributed by atoms with Crippen LogP contribution < -0.4 is 4.90 Å². The SMILES string of the molecule is CCC[C@H](C(=O)O)[C@H](Cc1ccc(N2CCCCC2)nc1)c1nn[nH]n1. The van der Waals surface area contributed by atoms with E-state index in [0.29, 0.717) is 18.7 Å². The number of aromatic nitrogens is 5. The molecule has 2 atom stereocenters. The van der Waals surface area contributed by atoms with Crippen LogP contribution in [0.3, 0.4) is 0 Å². The number of aliphatic carboxylic acids is 1. The van der Waals surface area contributed by atoms with Gasteiger partial charge in [0.1, 0.15) is 5.82 Å². The van der Waals surface area contributed by atoms with E-state index in [2.05, 4.69) is 30.5 Å². The molecule has 0 unspecified atom stereocenters. The summed E-state index contributed by atoms with van der Waals surface area (Å²) in [5.41, 5.74) is 0.989. The Morgan fingerprint density at radius 2 is 2.12 bits per heavy atom. The van der Waals surface area contributed by atoms with Gasteiger partial charge in [0.15, 0.2) is 5.82 Å². The molecule has 2 aromatic rings. The standard InChI is InChI=1S/C18H26N6O2/c1-2-6-14(18(25)26)15(17-20-22-23-21-17)11-13-7-8-16(19-12-13)24-9-4-3-5-10-24/h7-8,12,14-15H,2-6,9-11H2,1H3,(H,25,26)(H,20,21,22,23)/t14-,15-/m0/s1. The molecule has 2 N–H and O–H groups in total. The Morgan fingerprint density at radius 1 is 1.31 bits per heavy atom. The van der Waals surface area contributed by atoms with Crippen LogP contribution in [0.25, 0.3) is 0 Å². The highest BCUT2D eigenvalue weighted by Crippen LogP contribution is 2.30. The number of carboxylic acid groups (broad SMARTS) is 1. The summed E-state index contributed by atoms with van der Waals surface area (Å²) in [6.07, 6.45) is 7.45. The van der Waals surface area contributed by atoms with E-state index in [1.807, 2.05) is 25.3 Å². The molecule has 0 amide bonds. The van der Waals surface area contributed by atoms with E-state index in [0.717, 1.165) is 30.9 Å². The first-order valence-electron chi connectivity index (χ1n) is 9.35. The summed E-state index contributed by atoms with van der Waals surface area (Å²) in [5.74, 6) is -0.244. The number of anilines is 1. The number of nitrogens with one attached hydrogen (secondary N) is 1. The minimum absolute atomic E-state index is 0.325. The molecule has 8 nitrogen and oxygen atoms in total. The fourth-order valence-corrected chi connectivity index (χ4v) is 3.65. The van der Waals surface area contributed by atoms with Gasteiger partial charge in [-0.25, -0.2) is 4.98 Å². The van der Waals surface area contributed by atoms with E-state index >= 15 is 0 Å². The molecule has 1 aliphatic heterocycles. The molecule has 0 aliphatic carbocycles. The Hall–Kier alpha value is -2.51. The molecule has 8 heteroatoms. The number of carboxylic acids is 1. The number of rotatable bonds is 8. The van der Waals surface area contributed by atoms with E-state index < -0.39 is 11.9 Å². The zero-order valence-electron chi connectivity index (χ0n) is 15.1. The second-order valence-corrected chi connectivity index (χ2v) is 6.89. The summed E-state index contributed by atoms with van der Waals surface area (Å²) in [5, 5.41) is 23.8. The zero-order valence-corrected chi connectivity index (χ0v) is 15.1. The third kappa shape index (κ3) is 4.36. The summed E-state index contributed by atoms with van der Waals surface area (Å²) in [7, 11) is 0. The van der Waals surface area contributed by atoms with Crippen molar-refractivity contribution in [2.75, 3.05) is 18.0 Å². The summed E-state index contributed by atoms with van der Waals surface area (Å²) < 4.78 is 0. The summed E-state index contributed by atoms with van der Waals surface area (Å²) in [6, 6.07) is 4.07. The molecular formula is C18H26N6O2. The predicted molar refractivity (Wildman–Crippen MR) is 97.0 cm³/mol. The van der Waals surface area contributed by atoms with Crippen molar-refractivity contribution in [3.8, 4) is 0 Å². The van der Waals surface area contributed by atoms with Gasteiger partial charge in [-0.15, -0.1) is 10.2 Å². The van der Waals surface area contributed by atoms with Gasteiger partial charge in [-0.1, -0.05) is 24.6 Å². The second kappa shape index (κ2) is 8.73. The maximum Gasteiger partial charge on any atom is 0.307 e. The summed E-state index contributed by atoms with van der Waals surface area (Å²) in [4.78, 5) is 18.7. The van der Waals surface area contributed by atoms with Crippen LogP contribution in [0.15, 0.2) is 18.3 Å². The lowest BCUT2D eigenvalue weighted by atomic mass is 9.83. The molecule has 0 bridgehead atoms. The number of nitrogens with zero attached hydrogens (tertiary/aromatic N) is 5. The third-order valence-corrected chi connectivity index (χ3v) is 5.04. The Balaban J connectivity index is 1.77. The van der Waals surface area contributed by atoms with Gasteiger partial charge >= 0.3 is 5.97 Å². The Labute approximate surface area is 153 Å². The van der Waals surface area contributed by atoms with Gasteiger partial charge in [0, 0.05) is 25.2 Å². The van der Waals surface area contributed by atoms with Crippen LogP contribution >= 0.6 is 0 Å². The monoisotopic (exact) mass is 358 g/mol. The average Bonchev–Trinajstić information content (AvgIpc) is 3.20. The van der Waals surface area contributed by atoms with Crippen molar-refractivity contribution >= 4 is 11.8 Å². The Kier molecular flexibility index (Phi) is 6.14. The lowest BCUT2D eigenvalue weighted by Gasteiger charge is -2.28. The molecule has 26 heavy (non-hydrogen) atoms. The number of carbonyl (C=O) groups is 1. The molecule has 2 aromatic heterocycles. The van der Waals surface area contributed by atoms with Crippen molar-refractivity contribution in [3.63, 3.8) is 0 Å². The topological polar surface area (TPSA) is 108 Å². The smallest absolute Gasteiger partial charge is 0.307 e. The van der Waals surface area contributed by atoms with Gasteiger partial charge in [-0.05, 0) is 43.7 Å². The molecule has 1 saturated heterocycles. The number of aromatic amines is 1. The van der Waals surface area contributed by atoms with Crippen LogP contribution in [0.2, 0.25) is 0 Å². The molecule has 3 rings (SSSR count). The fourth-order valence-electron chi connectivity index (χ4n) is 3.65. The van der Waals surface area contributed by atoms with Gasteiger partial charge in [-0.2, -0.15) is 5.21 Å². The highest BCUT2D eigenvalue weighted by molar-refractivity contribution is 5.71. The molecule has 1 fully saturated rings. The van der Waals surface area contributed by atoms with E-state index in [4.69, 9.17) is 0 Å². The van der Waals surface area contributed by atoms with Crippen molar-refractivity contribution in [2.45, 2.75) is 51.4 Å². The van der Waals surface area contributed by atoms with Gasteiger partial charge in [-0.3, -0.25) is 4.79 Å². The summed E-state index contributed by atoms with van der Waals surface area (Å²) >= 11 is 0. The first kappa shape index (κ1) is 18.3. The molecule has 0 aromatic carbocycles. The molecule has 0 spiro atoms. The largest absolute Gasteiger partial charge is 0.481 e. The van der Waals surface area contributed by atoms with Crippen molar-refractivity contribution in [3.05, 3.63) is 29.7 Å². The highest BCUT2D eigenvalue weighted by Gasteiger charge is 2.32. The molecule has 140 valence electrons. The van der Waals surface area contributed by atoms with E-state index in [-0.39, 0.29) is 5.92 Å². The minimum atomic E-state index is -0.820. The van der Waals surface area contributed by atoms with Crippen LogP contribution in [0, 0.1) is 5.92 Å². The van der Waals surface area contributed by atoms with Crippen LogP contribution in [-0.2, 0) is 11.2 Å². The molecule has 3 heterocycles. The van der Waals surface area contributed by atoms with Crippen LogP contribution in [0.5, 0.6) is 0 Å². The van der Waals surface area contributed by atoms with Gasteiger partial charge in [0.05, 0.1) is 5.92 Å². The van der Waals surface area contributed by atoms with Gasteiger partial charge < -0.3 is 10.0 Å². The number of pyridine rings is 1. The van der Waals surface area contributed by atoms with Crippen molar-refractivity contribution in [1.82, 2.24) is 25.6 Å². The second-order valence-electron chi connectivity index (χ2n) is 6.89. The van der Waals surface area contributed by atoms with Gasteiger partial charge in [0.2, 0.25) is 0 Å². The van der Waals surface area contributed by atoms with Crippen molar-refractivity contribution < 1.29 is 9.90 Å². The molecular weight excluding hydrogens is 332 g/mol. The maximum absolute atomic E-state index is 11.8. The Morgan fingerprint density at radius 3 is 2.69 bits per heavy atom. The maximum atomic E-state index is 11.8. The summed E-state index contributed by atoms with van der Waals surface area (Å²) in [6.45, 7) is 4.09. The van der Waals surface area contributed by atoms with Crippen LogP contribution in [-0.4, -0.2) is 49.8 Å². The predicted octanol–water partition coefficient (Wildman–Crippen LogP) is 2.41. The quantitative estimate of drug-likeness (QED) is 0.746. The van der Waals surface area contributed by atoms with E-state index in [1.165, 1.54) is 19.3 Å². The van der Waals surface area contributed by atoms with E-state index in [1.54, 1.807) is 0 Å². The fraction of sp³-hybridized carbons (Fsp3) is 0.611. The molecule has 1 aliphatic rings. The number of tetrazole rings is 1. The average molecular weight is 358 g/mol.